The first-order valence-electron chi connectivity index (χ1n) is 8.31. The number of amides is 1. The molecule has 1 aliphatic carbocycles. The van der Waals surface area contributed by atoms with Crippen molar-refractivity contribution in [1.82, 2.24) is 10.2 Å². The fourth-order valence-electron chi connectivity index (χ4n) is 2.83. The minimum atomic E-state index is -0.362. The highest BCUT2D eigenvalue weighted by Gasteiger charge is 2.29. The summed E-state index contributed by atoms with van der Waals surface area (Å²) >= 11 is 4.00. The number of anilines is 2. The Morgan fingerprint density at radius 2 is 2.19 bits per heavy atom. The quantitative estimate of drug-likeness (QED) is 0.554. The van der Waals surface area contributed by atoms with Crippen molar-refractivity contribution in [3.8, 4) is 0 Å². The van der Waals surface area contributed by atoms with Gasteiger partial charge in [0.05, 0.1) is 17.9 Å². The number of hydrogen-bond acceptors (Lipinski definition) is 9. The van der Waals surface area contributed by atoms with Gasteiger partial charge in [-0.05, 0) is 37.7 Å². The Balaban J connectivity index is 1.75. The average Bonchev–Trinajstić information content (AvgIpc) is 3.15. The van der Waals surface area contributed by atoms with Crippen LogP contribution in [0.15, 0.2) is 4.34 Å². The van der Waals surface area contributed by atoms with Gasteiger partial charge in [0.1, 0.15) is 5.00 Å². The summed E-state index contributed by atoms with van der Waals surface area (Å²) in [4.78, 5) is 26.0. The van der Waals surface area contributed by atoms with Crippen LogP contribution in [0.4, 0.5) is 10.1 Å². The number of carbonyl (C=O) groups is 2. The lowest BCUT2D eigenvalue weighted by Gasteiger charge is -2.18. The Kier molecular flexibility index (Phi) is 6.15. The van der Waals surface area contributed by atoms with Gasteiger partial charge in [-0.15, -0.1) is 21.5 Å². The summed E-state index contributed by atoms with van der Waals surface area (Å²) in [6.07, 6.45) is 2.81. The number of ether oxygens (including phenoxy) is 1. The molecule has 0 aliphatic heterocycles. The van der Waals surface area contributed by atoms with Crippen LogP contribution in [0.3, 0.4) is 0 Å². The second-order valence-electron chi connectivity index (χ2n) is 6.02. The van der Waals surface area contributed by atoms with Crippen LogP contribution in [0, 0.1) is 5.92 Å². The molecule has 10 heteroatoms. The first-order valence-corrected chi connectivity index (χ1v) is 10.9. The second kappa shape index (κ2) is 8.36. The van der Waals surface area contributed by atoms with Crippen LogP contribution in [-0.2, 0) is 22.4 Å². The van der Waals surface area contributed by atoms with E-state index in [0.717, 1.165) is 24.8 Å². The number of nitrogens with two attached hydrogens (primary N) is 1. The SMILES string of the molecule is CCOC(=O)c1c(NC(=O)CSc2nnc(N)s2)sc2c1CCC(C)C2. The molecule has 7 nitrogen and oxygen atoms in total. The molecule has 1 amide bonds. The number of fused-ring (bicyclic) bond motifs is 1. The summed E-state index contributed by atoms with van der Waals surface area (Å²) < 4.78 is 5.86. The number of esters is 1. The molecular weight excluding hydrogens is 392 g/mol. The number of rotatable bonds is 6. The fraction of sp³-hybridized carbons (Fsp3) is 0.500. The summed E-state index contributed by atoms with van der Waals surface area (Å²) in [5, 5.41) is 11.4. The summed E-state index contributed by atoms with van der Waals surface area (Å²) in [5.41, 5.74) is 7.10. The summed E-state index contributed by atoms with van der Waals surface area (Å²) in [6.45, 7) is 4.29. The van der Waals surface area contributed by atoms with E-state index >= 15 is 0 Å². The molecule has 26 heavy (non-hydrogen) atoms. The number of nitrogens with one attached hydrogen (secondary N) is 1. The van der Waals surface area contributed by atoms with Crippen LogP contribution in [0.25, 0.3) is 0 Å². The van der Waals surface area contributed by atoms with Gasteiger partial charge in [0.25, 0.3) is 0 Å². The molecule has 1 unspecified atom stereocenters. The van der Waals surface area contributed by atoms with Gasteiger partial charge in [-0.1, -0.05) is 30.0 Å². The normalized spacial score (nSPS) is 16.2. The minimum absolute atomic E-state index is 0.176. The zero-order valence-corrected chi connectivity index (χ0v) is 17.0. The molecule has 2 heterocycles. The highest BCUT2D eigenvalue weighted by molar-refractivity contribution is 8.01. The number of nitrogen functional groups attached to an aromatic ring is 1. The maximum absolute atomic E-state index is 12.4. The van der Waals surface area contributed by atoms with E-state index in [9.17, 15) is 9.59 Å². The lowest BCUT2D eigenvalue weighted by molar-refractivity contribution is -0.113. The Hall–Kier alpha value is -1.65. The molecule has 0 saturated heterocycles. The second-order valence-corrected chi connectivity index (χ2v) is 9.36. The highest BCUT2D eigenvalue weighted by atomic mass is 32.2. The standard InChI is InChI=1S/C16H20N4O3S3/c1-3-23-14(22)12-9-5-4-8(2)6-10(9)25-13(12)18-11(21)7-24-16-20-19-15(17)26-16/h8H,3-7H2,1-2H3,(H2,17,19)(H,18,21). The predicted octanol–water partition coefficient (Wildman–Crippen LogP) is 3.21. The number of nitrogens with zero attached hydrogens (tertiary/aromatic N) is 2. The molecule has 2 aromatic rings. The first kappa shape index (κ1) is 19.1. The maximum atomic E-state index is 12.4. The lowest BCUT2D eigenvalue weighted by atomic mass is 9.88. The van der Waals surface area contributed by atoms with Gasteiger partial charge in [0, 0.05) is 4.88 Å². The predicted molar refractivity (Wildman–Crippen MR) is 105 cm³/mol. The average molecular weight is 413 g/mol. The highest BCUT2D eigenvalue weighted by Crippen LogP contribution is 2.40. The van der Waals surface area contributed by atoms with E-state index in [1.54, 1.807) is 6.92 Å². The Morgan fingerprint density at radius 3 is 2.88 bits per heavy atom. The minimum Gasteiger partial charge on any atom is -0.462 e. The maximum Gasteiger partial charge on any atom is 0.341 e. The van der Waals surface area contributed by atoms with Gasteiger partial charge in [-0.2, -0.15) is 0 Å². The summed E-state index contributed by atoms with van der Waals surface area (Å²) in [6, 6.07) is 0. The van der Waals surface area contributed by atoms with Crippen molar-refractivity contribution >= 4 is 56.4 Å². The van der Waals surface area contributed by atoms with Crippen molar-refractivity contribution in [2.75, 3.05) is 23.4 Å². The van der Waals surface area contributed by atoms with Crippen molar-refractivity contribution in [3.63, 3.8) is 0 Å². The van der Waals surface area contributed by atoms with E-state index in [4.69, 9.17) is 10.5 Å². The Bertz CT molecular complexity index is 818. The van der Waals surface area contributed by atoms with Crippen LogP contribution >= 0.6 is 34.4 Å². The van der Waals surface area contributed by atoms with Crippen LogP contribution in [-0.4, -0.2) is 34.4 Å². The van der Waals surface area contributed by atoms with E-state index in [0.29, 0.717) is 32.6 Å². The van der Waals surface area contributed by atoms with Gasteiger partial charge in [0.2, 0.25) is 11.0 Å². The molecule has 3 N–H and O–H groups in total. The van der Waals surface area contributed by atoms with Crippen LogP contribution < -0.4 is 11.1 Å². The third-order valence-corrected chi connectivity index (χ3v) is 7.05. The van der Waals surface area contributed by atoms with Crippen molar-refractivity contribution in [2.45, 2.75) is 37.4 Å². The summed E-state index contributed by atoms with van der Waals surface area (Å²) in [7, 11) is 0. The molecule has 1 atom stereocenters. The molecule has 2 aromatic heterocycles. The van der Waals surface area contributed by atoms with Crippen LogP contribution in [0.5, 0.6) is 0 Å². The largest absolute Gasteiger partial charge is 0.462 e. The van der Waals surface area contributed by atoms with Gasteiger partial charge in [-0.3, -0.25) is 4.79 Å². The van der Waals surface area contributed by atoms with Gasteiger partial charge < -0.3 is 15.8 Å². The molecule has 1 aliphatic rings. The number of thiophene rings is 1. The monoisotopic (exact) mass is 412 g/mol. The number of aromatic nitrogens is 2. The third kappa shape index (κ3) is 4.36. The van der Waals surface area contributed by atoms with Crippen molar-refractivity contribution in [2.24, 2.45) is 5.92 Å². The van der Waals surface area contributed by atoms with Crippen molar-refractivity contribution in [3.05, 3.63) is 16.0 Å². The fourth-order valence-corrected chi connectivity index (χ4v) is 5.68. The van der Waals surface area contributed by atoms with Gasteiger partial charge >= 0.3 is 5.97 Å². The first-order chi connectivity index (χ1) is 12.5. The van der Waals surface area contributed by atoms with Crippen molar-refractivity contribution < 1.29 is 14.3 Å². The molecule has 3 rings (SSSR count). The van der Waals surface area contributed by atoms with Crippen LogP contribution in [0.1, 0.15) is 41.1 Å². The smallest absolute Gasteiger partial charge is 0.341 e. The number of hydrogen-bond donors (Lipinski definition) is 2. The zero-order valence-electron chi connectivity index (χ0n) is 14.5. The molecule has 0 fully saturated rings. The van der Waals surface area contributed by atoms with E-state index in [-0.39, 0.29) is 17.6 Å². The van der Waals surface area contributed by atoms with Gasteiger partial charge in [-0.25, -0.2) is 4.79 Å². The van der Waals surface area contributed by atoms with E-state index in [2.05, 4.69) is 22.4 Å². The lowest BCUT2D eigenvalue weighted by Crippen LogP contribution is -2.17. The van der Waals surface area contributed by atoms with Gasteiger partial charge in [0.15, 0.2) is 4.34 Å². The molecule has 140 valence electrons. The van der Waals surface area contributed by atoms with Crippen molar-refractivity contribution in [1.29, 1.82) is 0 Å². The molecule has 0 bridgehead atoms. The number of carbonyl (C=O) groups excluding carboxylic acids is 2. The number of thioether (sulfide) groups is 1. The zero-order chi connectivity index (χ0) is 18.7. The molecular formula is C16H20N4O3S3. The molecule has 0 spiro atoms. The van der Waals surface area contributed by atoms with E-state index in [1.165, 1.54) is 39.3 Å². The Morgan fingerprint density at radius 1 is 1.38 bits per heavy atom. The molecule has 0 saturated carbocycles. The molecule has 0 aromatic carbocycles. The topological polar surface area (TPSA) is 107 Å². The summed E-state index contributed by atoms with van der Waals surface area (Å²) in [5.74, 6) is 0.203. The Labute approximate surface area is 163 Å². The van der Waals surface area contributed by atoms with E-state index in [1.807, 2.05) is 0 Å². The van der Waals surface area contributed by atoms with Crippen LogP contribution in [0.2, 0.25) is 0 Å². The molecule has 0 radical (unpaired) electrons. The van der Waals surface area contributed by atoms with E-state index < -0.39 is 0 Å². The third-order valence-electron chi connectivity index (χ3n) is 3.99.